The average molecular weight is 249 g/mol. The number of aromatic nitrogens is 2. The first-order chi connectivity index (χ1) is 7.59. The second-order valence-corrected chi connectivity index (χ2v) is 4.12. The van der Waals surface area contributed by atoms with Crippen LogP contribution in [0.4, 0.5) is 4.39 Å². The standard InChI is InChI=1S/C9H10ClFN2O3/c10-5-2-1-3-16-8(5)13-4-6(11)7(14)12-9(13)15/h4-5,8H,1-3H2,(H,12,14,15). The van der Waals surface area contributed by atoms with Gasteiger partial charge in [0.2, 0.25) is 5.82 Å². The molecule has 1 aromatic heterocycles. The number of hydrogen-bond acceptors (Lipinski definition) is 3. The minimum absolute atomic E-state index is 0.406. The Morgan fingerprint density at radius 2 is 2.31 bits per heavy atom. The molecule has 1 aliphatic heterocycles. The Balaban J connectivity index is 2.43. The van der Waals surface area contributed by atoms with Gasteiger partial charge in [0.25, 0.3) is 5.56 Å². The lowest BCUT2D eigenvalue weighted by Gasteiger charge is -2.28. The highest BCUT2D eigenvalue weighted by atomic mass is 35.5. The van der Waals surface area contributed by atoms with Crippen molar-refractivity contribution in [2.24, 2.45) is 0 Å². The van der Waals surface area contributed by atoms with Gasteiger partial charge in [-0.05, 0) is 12.8 Å². The molecule has 7 heteroatoms. The van der Waals surface area contributed by atoms with Crippen molar-refractivity contribution >= 4 is 11.6 Å². The van der Waals surface area contributed by atoms with Crippen molar-refractivity contribution in [2.75, 3.05) is 6.61 Å². The van der Waals surface area contributed by atoms with E-state index in [-0.39, 0.29) is 0 Å². The topological polar surface area (TPSA) is 64.1 Å². The number of H-pyrrole nitrogens is 1. The lowest BCUT2D eigenvalue weighted by Crippen LogP contribution is -2.39. The van der Waals surface area contributed by atoms with Crippen molar-refractivity contribution in [2.45, 2.75) is 24.4 Å². The molecule has 0 saturated carbocycles. The number of rotatable bonds is 1. The third-order valence-corrected chi connectivity index (χ3v) is 2.85. The fraction of sp³-hybridized carbons (Fsp3) is 0.556. The van der Waals surface area contributed by atoms with E-state index in [9.17, 15) is 14.0 Å². The molecule has 1 aliphatic rings. The quantitative estimate of drug-likeness (QED) is 0.740. The highest BCUT2D eigenvalue weighted by molar-refractivity contribution is 6.20. The minimum atomic E-state index is -1.04. The Hall–Kier alpha value is -1.14. The molecule has 16 heavy (non-hydrogen) atoms. The van der Waals surface area contributed by atoms with Gasteiger partial charge in [-0.3, -0.25) is 14.3 Å². The molecular formula is C9H10ClFN2O3. The van der Waals surface area contributed by atoms with Gasteiger partial charge in [0, 0.05) is 6.61 Å². The highest BCUT2D eigenvalue weighted by Crippen LogP contribution is 2.26. The Bertz CT molecular complexity index is 498. The second kappa shape index (κ2) is 4.39. The molecule has 1 N–H and O–H groups in total. The summed E-state index contributed by atoms with van der Waals surface area (Å²) in [5, 5.41) is -0.406. The predicted molar refractivity (Wildman–Crippen MR) is 55.1 cm³/mol. The highest BCUT2D eigenvalue weighted by Gasteiger charge is 2.27. The van der Waals surface area contributed by atoms with E-state index in [2.05, 4.69) is 0 Å². The fourth-order valence-electron chi connectivity index (χ4n) is 1.63. The smallest absolute Gasteiger partial charge is 0.330 e. The molecule has 0 aromatic carbocycles. The molecular weight excluding hydrogens is 239 g/mol. The summed E-state index contributed by atoms with van der Waals surface area (Å²) >= 11 is 5.98. The lowest BCUT2D eigenvalue weighted by atomic mass is 10.2. The Morgan fingerprint density at radius 3 is 3.00 bits per heavy atom. The van der Waals surface area contributed by atoms with Gasteiger partial charge in [0.1, 0.15) is 0 Å². The van der Waals surface area contributed by atoms with Crippen LogP contribution >= 0.6 is 11.6 Å². The van der Waals surface area contributed by atoms with Crippen LogP contribution in [0.15, 0.2) is 15.8 Å². The number of nitrogens with zero attached hydrogens (tertiary/aromatic N) is 1. The van der Waals surface area contributed by atoms with Crippen LogP contribution in [-0.2, 0) is 4.74 Å². The average Bonchev–Trinajstić information content (AvgIpc) is 2.25. The fourth-order valence-corrected chi connectivity index (χ4v) is 1.98. The second-order valence-electron chi connectivity index (χ2n) is 3.56. The van der Waals surface area contributed by atoms with Crippen LogP contribution in [-0.4, -0.2) is 21.5 Å². The summed E-state index contributed by atoms with van der Waals surface area (Å²) < 4.78 is 19.3. The molecule has 1 saturated heterocycles. The molecule has 1 fully saturated rings. The Labute approximate surface area is 94.8 Å². The molecule has 0 bridgehead atoms. The van der Waals surface area contributed by atoms with Crippen LogP contribution < -0.4 is 11.2 Å². The summed E-state index contributed by atoms with van der Waals surface area (Å²) in [6.45, 7) is 0.459. The van der Waals surface area contributed by atoms with Crippen molar-refractivity contribution in [1.82, 2.24) is 9.55 Å². The normalized spacial score (nSPS) is 25.6. The number of halogens is 2. The zero-order valence-corrected chi connectivity index (χ0v) is 9.04. The van der Waals surface area contributed by atoms with E-state index in [1.807, 2.05) is 4.98 Å². The first-order valence-electron chi connectivity index (χ1n) is 4.86. The summed E-state index contributed by atoms with van der Waals surface area (Å²) in [5.74, 6) is -1.03. The maximum atomic E-state index is 13.0. The number of alkyl halides is 1. The molecule has 1 aromatic rings. The van der Waals surface area contributed by atoms with E-state index < -0.39 is 28.7 Å². The third kappa shape index (κ3) is 2.03. The van der Waals surface area contributed by atoms with E-state index in [4.69, 9.17) is 16.3 Å². The van der Waals surface area contributed by atoms with Crippen molar-refractivity contribution in [3.8, 4) is 0 Å². The van der Waals surface area contributed by atoms with Gasteiger partial charge in [-0.15, -0.1) is 11.6 Å². The van der Waals surface area contributed by atoms with Crippen molar-refractivity contribution in [3.05, 3.63) is 32.9 Å². The van der Waals surface area contributed by atoms with Crippen LogP contribution in [0.1, 0.15) is 19.1 Å². The molecule has 0 radical (unpaired) electrons. The van der Waals surface area contributed by atoms with E-state index in [0.29, 0.717) is 13.0 Å². The van der Waals surface area contributed by atoms with E-state index in [1.165, 1.54) is 0 Å². The molecule has 2 rings (SSSR count). The number of nitrogens with one attached hydrogen (secondary N) is 1. The maximum absolute atomic E-state index is 13.0. The van der Waals surface area contributed by atoms with E-state index in [1.54, 1.807) is 0 Å². The zero-order chi connectivity index (χ0) is 11.7. The lowest BCUT2D eigenvalue weighted by molar-refractivity contribution is -0.0320. The number of ether oxygens (including phenoxy) is 1. The van der Waals surface area contributed by atoms with Gasteiger partial charge in [-0.2, -0.15) is 4.39 Å². The number of aromatic amines is 1. The van der Waals surface area contributed by atoms with Gasteiger partial charge in [0.15, 0.2) is 6.23 Å². The molecule has 0 aliphatic carbocycles. The predicted octanol–water partition coefficient (Wildman–Crippen LogP) is 0.592. The number of hydrogen-bond donors (Lipinski definition) is 1. The van der Waals surface area contributed by atoms with Crippen LogP contribution in [0.25, 0.3) is 0 Å². The van der Waals surface area contributed by atoms with Gasteiger partial charge < -0.3 is 4.74 Å². The minimum Gasteiger partial charge on any atom is -0.356 e. The van der Waals surface area contributed by atoms with Crippen molar-refractivity contribution in [3.63, 3.8) is 0 Å². The van der Waals surface area contributed by atoms with Crippen LogP contribution in [0.5, 0.6) is 0 Å². The van der Waals surface area contributed by atoms with Crippen LogP contribution in [0.2, 0.25) is 0 Å². The summed E-state index contributed by atoms with van der Waals surface area (Å²) in [5.41, 5.74) is -1.76. The molecule has 0 amide bonds. The molecule has 2 unspecified atom stereocenters. The van der Waals surface area contributed by atoms with Gasteiger partial charge in [-0.1, -0.05) is 0 Å². The van der Waals surface area contributed by atoms with Gasteiger partial charge in [0.05, 0.1) is 11.6 Å². The summed E-state index contributed by atoms with van der Waals surface area (Å²) in [6, 6.07) is 0. The summed E-state index contributed by atoms with van der Waals surface area (Å²) in [6.07, 6.45) is 1.58. The van der Waals surface area contributed by atoms with E-state index >= 15 is 0 Å². The van der Waals surface area contributed by atoms with Crippen molar-refractivity contribution < 1.29 is 9.13 Å². The first-order valence-corrected chi connectivity index (χ1v) is 5.30. The van der Waals surface area contributed by atoms with Crippen LogP contribution in [0, 0.1) is 5.82 Å². The SMILES string of the molecule is O=c1[nH]c(=O)n(C2OCCCC2Cl)cc1F. The first kappa shape index (κ1) is 11.3. The largest absolute Gasteiger partial charge is 0.356 e. The molecule has 2 heterocycles. The Kier molecular flexibility index (Phi) is 3.11. The molecule has 5 nitrogen and oxygen atoms in total. The summed E-state index contributed by atoms with van der Waals surface area (Å²) in [7, 11) is 0. The molecule has 0 spiro atoms. The van der Waals surface area contributed by atoms with E-state index in [0.717, 1.165) is 17.2 Å². The third-order valence-electron chi connectivity index (χ3n) is 2.42. The van der Waals surface area contributed by atoms with Crippen LogP contribution in [0.3, 0.4) is 0 Å². The monoisotopic (exact) mass is 248 g/mol. The summed E-state index contributed by atoms with van der Waals surface area (Å²) in [4.78, 5) is 24.1. The van der Waals surface area contributed by atoms with Crippen molar-refractivity contribution in [1.29, 1.82) is 0 Å². The van der Waals surface area contributed by atoms with Gasteiger partial charge >= 0.3 is 5.69 Å². The maximum Gasteiger partial charge on any atom is 0.330 e. The Morgan fingerprint density at radius 1 is 1.56 bits per heavy atom. The zero-order valence-electron chi connectivity index (χ0n) is 8.28. The van der Waals surface area contributed by atoms with Gasteiger partial charge in [-0.25, -0.2) is 4.79 Å². The molecule has 2 atom stereocenters. The molecule has 88 valence electrons.